The molecule has 3 rings (SSSR count). The summed E-state index contributed by atoms with van der Waals surface area (Å²) in [5.41, 5.74) is 1.19. The molecule has 0 aliphatic carbocycles. The fourth-order valence-electron chi connectivity index (χ4n) is 3.68. The highest BCUT2D eigenvalue weighted by molar-refractivity contribution is 7.99. The normalized spacial score (nSPS) is 16.2. The molecule has 1 N–H and O–H groups in total. The Bertz CT molecular complexity index is 915. The highest BCUT2D eigenvalue weighted by Crippen LogP contribution is 2.24. The second kappa shape index (κ2) is 12.1. The Labute approximate surface area is 198 Å². The first-order valence-electron chi connectivity index (χ1n) is 11.0. The summed E-state index contributed by atoms with van der Waals surface area (Å²) in [5.74, 6) is 1.10. The molecule has 1 aliphatic rings. The zero-order chi connectivity index (χ0) is 22.9. The third kappa shape index (κ3) is 7.10. The Kier molecular flexibility index (Phi) is 9.17. The number of nitrogens with zero attached hydrogens (tertiary/aromatic N) is 4. The minimum absolute atomic E-state index is 0.0623. The molecule has 1 aromatic heterocycles. The van der Waals surface area contributed by atoms with E-state index in [-0.39, 0.29) is 23.6 Å². The molecule has 0 spiro atoms. The van der Waals surface area contributed by atoms with E-state index in [9.17, 15) is 9.59 Å². The van der Waals surface area contributed by atoms with Gasteiger partial charge in [-0.05, 0) is 25.3 Å². The van der Waals surface area contributed by atoms with Crippen molar-refractivity contribution in [3.05, 3.63) is 47.1 Å². The number of benzene rings is 1. The molecule has 2 amide bonds. The van der Waals surface area contributed by atoms with Crippen molar-refractivity contribution in [2.24, 2.45) is 0 Å². The van der Waals surface area contributed by atoms with Gasteiger partial charge in [-0.25, -0.2) is 9.97 Å². The van der Waals surface area contributed by atoms with Gasteiger partial charge in [0.15, 0.2) is 5.16 Å². The van der Waals surface area contributed by atoms with Crippen molar-refractivity contribution in [3.63, 3.8) is 0 Å². The van der Waals surface area contributed by atoms with Crippen LogP contribution in [-0.4, -0.2) is 64.7 Å². The van der Waals surface area contributed by atoms with Crippen LogP contribution in [0, 0.1) is 0 Å². The number of aromatic nitrogens is 2. The minimum Gasteiger partial charge on any atom is -0.355 e. The number of hydrogen-bond acceptors (Lipinski definition) is 6. The number of thioether (sulfide) groups is 1. The van der Waals surface area contributed by atoms with Crippen LogP contribution in [0.2, 0.25) is 5.15 Å². The van der Waals surface area contributed by atoms with Crippen molar-refractivity contribution in [3.8, 4) is 0 Å². The molecule has 1 aromatic carbocycles. The second-order valence-corrected chi connectivity index (χ2v) is 9.17. The molecule has 9 heteroatoms. The van der Waals surface area contributed by atoms with Gasteiger partial charge in [-0.3, -0.25) is 9.59 Å². The largest absolute Gasteiger partial charge is 0.355 e. The molecule has 1 atom stereocenters. The highest BCUT2D eigenvalue weighted by Gasteiger charge is 2.28. The fraction of sp³-hybridized carbons (Fsp3) is 0.478. The molecule has 1 aliphatic heterocycles. The summed E-state index contributed by atoms with van der Waals surface area (Å²) in [6.45, 7) is 6.70. The molecule has 0 saturated carbocycles. The van der Waals surface area contributed by atoms with Gasteiger partial charge in [0.05, 0.1) is 5.75 Å². The maximum Gasteiger partial charge on any atom is 0.230 e. The minimum atomic E-state index is -0.0623. The Morgan fingerprint density at radius 2 is 2.00 bits per heavy atom. The number of carbonyl (C=O) groups is 2. The first-order valence-corrected chi connectivity index (χ1v) is 12.3. The molecular weight excluding hydrogens is 446 g/mol. The first kappa shape index (κ1) is 24.3. The quantitative estimate of drug-likeness (QED) is 0.340. The van der Waals surface area contributed by atoms with Gasteiger partial charge < -0.3 is 15.1 Å². The lowest BCUT2D eigenvalue weighted by Crippen LogP contribution is -2.54. The molecule has 2 aromatic rings. The summed E-state index contributed by atoms with van der Waals surface area (Å²) >= 11 is 7.51. The average Bonchev–Trinajstić information content (AvgIpc) is 2.78. The van der Waals surface area contributed by atoms with E-state index in [4.69, 9.17) is 11.6 Å². The van der Waals surface area contributed by atoms with Gasteiger partial charge >= 0.3 is 0 Å². The zero-order valence-electron chi connectivity index (χ0n) is 18.6. The number of piperazine rings is 1. The van der Waals surface area contributed by atoms with E-state index in [2.05, 4.69) is 27.1 Å². The maximum absolute atomic E-state index is 12.3. The van der Waals surface area contributed by atoms with Gasteiger partial charge in [-0.15, -0.1) is 0 Å². The van der Waals surface area contributed by atoms with Gasteiger partial charge in [0.25, 0.3) is 0 Å². The molecule has 1 fully saturated rings. The molecule has 1 saturated heterocycles. The monoisotopic (exact) mass is 475 g/mol. The van der Waals surface area contributed by atoms with Gasteiger partial charge in [-0.2, -0.15) is 0 Å². The Morgan fingerprint density at radius 1 is 1.22 bits per heavy atom. The molecule has 172 valence electrons. The number of nitrogens with one attached hydrogen (secondary N) is 1. The van der Waals surface area contributed by atoms with Crippen LogP contribution in [0.5, 0.6) is 0 Å². The lowest BCUT2D eigenvalue weighted by molar-refractivity contribution is -0.133. The molecule has 2 heterocycles. The molecular formula is C23H30ClN5O2S. The average molecular weight is 476 g/mol. The van der Waals surface area contributed by atoms with E-state index in [0.29, 0.717) is 42.9 Å². The predicted octanol–water partition coefficient (Wildman–Crippen LogP) is 3.42. The van der Waals surface area contributed by atoms with Crippen LogP contribution in [0.4, 0.5) is 5.82 Å². The lowest BCUT2D eigenvalue weighted by Gasteiger charge is -2.40. The van der Waals surface area contributed by atoms with Gasteiger partial charge in [0.1, 0.15) is 11.0 Å². The van der Waals surface area contributed by atoms with Crippen molar-refractivity contribution in [2.45, 2.75) is 44.3 Å². The molecule has 32 heavy (non-hydrogen) atoms. The van der Waals surface area contributed by atoms with E-state index >= 15 is 0 Å². The van der Waals surface area contributed by atoms with Gasteiger partial charge in [0, 0.05) is 44.7 Å². The van der Waals surface area contributed by atoms with Crippen LogP contribution >= 0.6 is 23.4 Å². The zero-order valence-corrected chi connectivity index (χ0v) is 20.2. The fourth-order valence-corrected chi connectivity index (χ4v) is 4.59. The molecule has 1 unspecified atom stereocenters. The van der Waals surface area contributed by atoms with Crippen LogP contribution in [-0.2, 0) is 16.0 Å². The van der Waals surface area contributed by atoms with Crippen molar-refractivity contribution in [1.82, 2.24) is 20.2 Å². The first-order chi connectivity index (χ1) is 15.5. The predicted molar refractivity (Wildman–Crippen MR) is 129 cm³/mol. The van der Waals surface area contributed by atoms with Crippen LogP contribution in [0.25, 0.3) is 0 Å². The lowest BCUT2D eigenvalue weighted by atomic mass is 10.1. The number of rotatable bonds is 9. The van der Waals surface area contributed by atoms with Crippen molar-refractivity contribution in [2.75, 3.05) is 36.8 Å². The summed E-state index contributed by atoms with van der Waals surface area (Å²) in [6.07, 6.45) is 2.23. The number of anilines is 1. The van der Waals surface area contributed by atoms with Crippen molar-refractivity contribution in [1.29, 1.82) is 0 Å². The number of halogens is 1. The molecule has 0 bridgehead atoms. The summed E-state index contributed by atoms with van der Waals surface area (Å²) < 4.78 is 0. The van der Waals surface area contributed by atoms with Crippen LogP contribution < -0.4 is 10.2 Å². The Hall–Kier alpha value is -2.32. The number of carbonyl (C=O) groups excluding carboxylic acids is 2. The van der Waals surface area contributed by atoms with Crippen LogP contribution in [0.1, 0.15) is 32.3 Å². The summed E-state index contributed by atoms with van der Waals surface area (Å²) in [7, 11) is 0. The third-order valence-corrected chi connectivity index (χ3v) is 6.35. The van der Waals surface area contributed by atoms with Crippen molar-refractivity contribution < 1.29 is 9.59 Å². The molecule has 7 nitrogen and oxygen atoms in total. The highest BCUT2D eigenvalue weighted by atomic mass is 35.5. The second-order valence-electron chi connectivity index (χ2n) is 7.84. The van der Waals surface area contributed by atoms with Crippen molar-refractivity contribution >= 4 is 41.0 Å². The third-order valence-electron chi connectivity index (χ3n) is 5.31. The van der Waals surface area contributed by atoms with E-state index in [0.717, 1.165) is 18.7 Å². The smallest absolute Gasteiger partial charge is 0.230 e. The van der Waals surface area contributed by atoms with Gasteiger partial charge in [0.2, 0.25) is 11.8 Å². The molecule has 0 radical (unpaired) electrons. The van der Waals surface area contributed by atoms with Gasteiger partial charge in [-0.1, -0.05) is 60.6 Å². The van der Waals surface area contributed by atoms with E-state index in [1.807, 2.05) is 42.2 Å². The summed E-state index contributed by atoms with van der Waals surface area (Å²) in [5, 5.41) is 3.75. The number of hydrogen-bond donors (Lipinski definition) is 1. The standard InChI is InChI=1S/C23H30ClN5O2S/c1-3-7-22(31)29-13-12-28(15-17(29)2)20-14-19(24)26-23(27-20)32-16-21(30)25-11-10-18-8-5-4-6-9-18/h4-6,8-9,14,17H,3,7,10-13,15-16H2,1-2H3,(H,25,30). The topological polar surface area (TPSA) is 78.4 Å². The van der Waals surface area contributed by atoms with Crippen LogP contribution in [0.3, 0.4) is 0 Å². The Morgan fingerprint density at radius 3 is 2.72 bits per heavy atom. The Balaban J connectivity index is 1.51. The maximum atomic E-state index is 12.3. The summed E-state index contributed by atoms with van der Waals surface area (Å²) in [4.78, 5) is 37.4. The SMILES string of the molecule is CCCC(=O)N1CCN(c2cc(Cl)nc(SCC(=O)NCCc3ccccc3)n2)CC1C. The van der Waals surface area contributed by atoms with Crippen LogP contribution in [0.15, 0.2) is 41.6 Å². The number of amides is 2. The van der Waals surface area contributed by atoms with E-state index < -0.39 is 0 Å². The summed E-state index contributed by atoms with van der Waals surface area (Å²) in [6, 6.07) is 11.9. The van der Waals surface area contributed by atoms with E-state index in [1.54, 1.807) is 6.07 Å². The van der Waals surface area contributed by atoms with E-state index in [1.165, 1.54) is 17.3 Å².